The van der Waals surface area contributed by atoms with Crippen LogP contribution in [0.4, 0.5) is 11.4 Å². The van der Waals surface area contributed by atoms with Gasteiger partial charge in [0.1, 0.15) is 0 Å². The van der Waals surface area contributed by atoms with Crippen molar-refractivity contribution in [3.63, 3.8) is 0 Å². The van der Waals surface area contributed by atoms with Crippen molar-refractivity contribution in [2.24, 2.45) is 5.84 Å². The largest absolute Gasteiger partial charge is 0.469 e. The maximum atomic E-state index is 12.0. The summed E-state index contributed by atoms with van der Waals surface area (Å²) >= 11 is 0. The average molecular weight is 357 g/mol. The lowest BCUT2D eigenvalue weighted by atomic mass is 9.84. The molecule has 2 rings (SSSR count). The molecule has 0 saturated heterocycles. The molecule has 1 unspecified atom stereocenters. The summed E-state index contributed by atoms with van der Waals surface area (Å²) in [4.78, 5) is 12.0. The molecule has 0 aliphatic heterocycles. The van der Waals surface area contributed by atoms with Gasteiger partial charge in [0.15, 0.2) is 0 Å². The third-order valence-corrected chi connectivity index (χ3v) is 4.83. The molecule has 0 amide bonds. The zero-order valence-corrected chi connectivity index (χ0v) is 15.7. The molecular weight excluding hydrogens is 330 g/mol. The second-order valence-electron chi connectivity index (χ2n) is 6.50. The standard InChI is InChI=1S/C20H27N3O3/c1-12-5-6-14(9-15(12)11-24)17(10-19(25)26-4)16-7-8-18(23(3)22)20(21)13(16)2/h5-9,17,24H,10-11,21-22H2,1-4H3. The number of carbonyl (C=O) groups excluding carboxylic acids is 1. The van der Waals surface area contributed by atoms with Crippen LogP contribution in [0.3, 0.4) is 0 Å². The summed E-state index contributed by atoms with van der Waals surface area (Å²) in [5, 5.41) is 11.1. The van der Waals surface area contributed by atoms with Crippen molar-refractivity contribution in [1.82, 2.24) is 0 Å². The van der Waals surface area contributed by atoms with Gasteiger partial charge in [-0.25, -0.2) is 5.84 Å². The minimum Gasteiger partial charge on any atom is -0.469 e. The van der Waals surface area contributed by atoms with Crippen LogP contribution in [-0.2, 0) is 16.1 Å². The molecule has 1 atom stereocenters. The maximum absolute atomic E-state index is 12.0. The van der Waals surface area contributed by atoms with Gasteiger partial charge in [-0.15, -0.1) is 0 Å². The predicted molar refractivity (Wildman–Crippen MR) is 104 cm³/mol. The van der Waals surface area contributed by atoms with E-state index in [4.69, 9.17) is 16.3 Å². The summed E-state index contributed by atoms with van der Waals surface area (Å²) in [6.45, 7) is 3.81. The smallest absolute Gasteiger partial charge is 0.306 e. The zero-order valence-electron chi connectivity index (χ0n) is 15.7. The fraction of sp³-hybridized carbons (Fsp3) is 0.350. The molecule has 140 valence electrons. The third-order valence-electron chi connectivity index (χ3n) is 4.83. The third kappa shape index (κ3) is 3.98. The molecule has 0 saturated carbocycles. The Morgan fingerprint density at radius 1 is 1.27 bits per heavy atom. The number of hydrogen-bond acceptors (Lipinski definition) is 6. The van der Waals surface area contributed by atoms with Gasteiger partial charge in [0, 0.05) is 13.0 Å². The fourth-order valence-corrected chi connectivity index (χ4v) is 3.15. The van der Waals surface area contributed by atoms with Gasteiger partial charge in [0.25, 0.3) is 0 Å². The van der Waals surface area contributed by atoms with Crippen molar-refractivity contribution in [1.29, 1.82) is 0 Å². The Labute approximate surface area is 154 Å². The average Bonchev–Trinajstić information content (AvgIpc) is 2.62. The number of anilines is 2. The Balaban J connectivity index is 2.59. The van der Waals surface area contributed by atoms with Gasteiger partial charge in [-0.3, -0.25) is 4.79 Å². The number of nitrogen functional groups attached to an aromatic ring is 1. The number of aryl methyl sites for hydroxylation is 1. The number of nitrogens with zero attached hydrogens (tertiary/aromatic N) is 1. The van der Waals surface area contributed by atoms with Crippen molar-refractivity contribution >= 4 is 17.3 Å². The van der Waals surface area contributed by atoms with Gasteiger partial charge >= 0.3 is 5.97 Å². The van der Waals surface area contributed by atoms with Crippen LogP contribution in [-0.4, -0.2) is 25.2 Å². The van der Waals surface area contributed by atoms with Crippen molar-refractivity contribution in [3.05, 3.63) is 58.1 Å². The van der Waals surface area contributed by atoms with Crippen molar-refractivity contribution in [2.75, 3.05) is 24.9 Å². The highest BCUT2D eigenvalue weighted by atomic mass is 16.5. The SMILES string of the molecule is COC(=O)CC(c1ccc(C)c(CO)c1)c1ccc(N(C)N)c(N)c1C. The molecule has 5 N–H and O–H groups in total. The normalized spacial score (nSPS) is 11.9. The van der Waals surface area contributed by atoms with Crippen LogP contribution in [0.1, 0.15) is 40.2 Å². The first-order valence-electron chi connectivity index (χ1n) is 8.44. The number of benzene rings is 2. The van der Waals surface area contributed by atoms with Crippen LogP contribution >= 0.6 is 0 Å². The highest BCUT2D eigenvalue weighted by molar-refractivity contribution is 5.75. The van der Waals surface area contributed by atoms with E-state index in [-0.39, 0.29) is 24.9 Å². The molecule has 0 radical (unpaired) electrons. The molecule has 0 heterocycles. The predicted octanol–water partition coefficient (Wildman–Crippen LogP) is 2.38. The fourth-order valence-electron chi connectivity index (χ4n) is 3.15. The Bertz CT molecular complexity index is 803. The van der Waals surface area contributed by atoms with Crippen LogP contribution in [0.15, 0.2) is 30.3 Å². The van der Waals surface area contributed by atoms with E-state index < -0.39 is 0 Å². The van der Waals surface area contributed by atoms with Gasteiger partial charge in [-0.05, 0) is 47.7 Å². The van der Waals surface area contributed by atoms with Crippen LogP contribution in [0.2, 0.25) is 0 Å². The van der Waals surface area contributed by atoms with Gasteiger partial charge in [0.05, 0.1) is 31.5 Å². The molecule has 0 fully saturated rings. The number of ether oxygens (including phenoxy) is 1. The Kier molecular flexibility index (Phi) is 6.23. The Morgan fingerprint density at radius 2 is 1.96 bits per heavy atom. The monoisotopic (exact) mass is 357 g/mol. The van der Waals surface area contributed by atoms with E-state index in [0.29, 0.717) is 5.69 Å². The molecule has 6 heteroatoms. The number of aliphatic hydroxyl groups is 1. The lowest BCUT2D eigenvalue weighted by molar-refractivity contribution is -0.140. The summed E-state index contributed by atoms with van der Waals surface area (Å²) in [7, 11) is 3.10. The van der Waals surface area contributed by atoms with Crippen LogP contribution < -0.4 is 16.6 Å². The zero-order chi connectivity index (χ0) is 19.4. The maximum Gasteiger partial charge on any atom is 0.306 e. The number of hydrogen-bond donors (Lipinski definition) is 3. The molecule has 0 bridgehead atoms. The van der Waals surface area contributed by atoms with E-state index in [1.54, 1.807) is 7.05 Å². The number of rotatable bonds is 6. The first-order valence-corrected chi connectivity index (χ1v) is 8.44. The van der Waals surface area contributed by atoms with E-state index >= 15 is 0 Å². The van der Waals surface area contributed by atoms with Crippen molar-refractivity contribution in [2.45, 2.75) is 32.8 Å². The highest BCUT2D eigenvalue weighted by Crippen LogP contribution is 2.36. The minimum absolute atomic E-state index is 0.0529. The molecule has 6 nitrogen and oxygen atoms in total. The molecule has 26 heavy (non-hydrogen) atoms. The quantitative estimate of drug-likeness (QED) is 0.317. The second kappa shape index (κ2) is 8.21. The van der Waals surface area contributed by atoms with Crippen molar-refractivity contribution < 1.29 is 14.6 Å². The van der Waals surface area contributed by atoms with E-state index in [1.807, 2.05) is 44.2 Å². The number of carbonyl (C=O) groups is 1. The first-order chi connectivity index (χ1) is 12.3. The van der Waals surface area contributed by atoms with Crippen LogP contribution in [0.5, 0.6) is 0 Å². The van der Waals surface area contributed by atoms with E-state index in [2.05, 4.69) is 0 Å². The van der Waals surface area contributed by atoms with Gasteiger partial charge in [0.2, 0.25) is 0 Å². The van der Waals surface area contributed by atoms with E-state index in [0.717, 1.165) is 33.5 Å². The van der Waals surface area contributed by atoms with E-state index in [1.165, 1.54) is 12.1 Å². The molecule has 0 spiro atoms. The summed E-state index contributed by atoms with van der Waals surface area (Å²) in [5.41, 5.74) is 12.2. The molecule has 0 aliphatic carbocycles. The minimum atomic E-state index is -0.306. The molecular formula is C20H27N3O3. The number of hydrazine groups is 1. The topological polar surface area (TPSA) is 102 Å². The summed E-state index contributed by atoms with van der Waals surface area (Å²) in [5.74, 6) is 5.29. The highest BCUT2D eigenvalue weighted by Gasteiger charge is 2.23. The number of nitrogens with two attached hydrogens (primary N) is 2. The molecule has 2 aromatic rings. The second-order valence-corrected chi connectivity index (χ2v) is 6.50. The lowest BCUT2D eigenvalue weighted by Crippen LogP contribution is -2.26. The van der Waals surface area contributed by atoms with Crippen LogP contribution in [0.25, 0.3) is 0 Å². The van der Waals surface area contributed by atoms with Crippen LogP contribution in [0, 0.1) is 13.8 Å². The van der Waals surface area contributed by atoms with Crippen molar-refractivity contribution in [3.8, 4) is 0 Å². The molecule has 0 aromatic heterocycles. The number of methoxy groups -OCH3 is 1. The summed E-state index contributed by atoms with van der Waals surface area (Å²) in [6, 6.07) is 9.65. The van der Waals surface area contributed by atoms with Gasteiger partial charge in [-0.1, -0.05) is 24.3 Å². The first kappa shape index (κ1) is 19.8. The lowest BCUT2D eigenvalue weighted by Gasteiger charge is -2.24. The molecule has 2 aromatic carbocycles. The summed E-state index contributed by atoms with van der Waals surface area (Å²) in [6.07, 6.45) is 0.183. The molecule has 0 aliphatic rings. The Morgan fingerprint density at radius 3 is 2.54 bits per heavy atom. The number of aliphatic hydroxyl groups excluding tert-OH is 1. The van der Waals surface area contributed by atoms with Gasteiger partial charge in [-0.2, -0.15) is 0 Å². The summed E-state index contributed by atoms with van der Waals surface area (Å²) < 4.78 is 4.89. The number of esters is 1. The Hall–Kier alpha value is -2.57. The van der Waals surface area contributed by atoms with Gasteiger partial charge < -0.3 is 20.6 Å². The van der Waals surface area contributed by atoms with E-state index in [9.17, 15) is 9.90 Å².